The number of carbonyl (C=O) groups is 2. The zero-order valence-corrected chi connectivity index (χ0v) is 9.69. The summed E-state index contributed by atoms with van der Waals surface area (Å²) in [5, 5.41) is 2.02. The van der Waals surface area contributed by atoms with Crippen LogP contribution in [0, 0.1) is 6.92 Å². The molecule has 17 heavy (non-hydrogen) atoms. The molecule has 86 valence electrons. The smallest absolute Gasteiger partial charge is 0.379 e. The summed E-state index contributed by atoms with van der Waals surface area (Å²) in [4.78, 5) is 22.9. The van der Waals surface area contributed by atoms with Crippen LogP contribution in [-0.4, -0.2) is 18.9 Å². The van der Waals surface area contributed by atoms with Crippen LogP contribution in [0.15, 0.2) is 36.4 Å². The first-order valence-electron chi connectivity index (χ1n) is 5.25. The minimum atomic E-state index is -0.834. The van der Waals surface area contributed by atoms with Gasteiger partial charge in [0.05, 0.1) is 7.11 Å². The van der Waals surface area contributed by atoms with Gasteiger partial charge in [-0.25, -0.2) is 4.79 Å². The van der Waals surface area contributed by atoms with Crippen LogP contribution in [0.3, 0.4) is 0 Å². The van der Waals surface area contributed by atoms with Crippen molar-refractivity contribution in [3.63, 3.8) is 0 Å². The zero-order chi connectivity index (χ0) is 12.4. The SMILES string of the molecule is COC(=O)C(=O)c1cc(C)c2ccccc2c1. The van der Waals surface area contributed by atoms with Crippen LogP contribution in [-0.2, 0) is 9.53 Å². The number of hydrogen-bond donors (Lipinski definition) is 0. The Bertz CT molecular complexity index is 599. The van der Waals surface area contributed by atoms with Crippen molar-refractivity contribution in [2.24, 2.45) is 0 Å². The first-order valence-corrected chi connectivity index (χ1v) is 5.25. The Kier molecular flexibility index (Phi) is 2.91. The molecule has 3 nitrogen and oxygen atoms in total. The van der Waals surface area contributed by atoms with Crippen molar-refractivity contribution in [2.45, 2.75) is 6.92 Å². The highest BCUT2D eigenvalue weighted by atomic mass is 16.5. The monoisotopic (exact) mass is 228 g/mol. The molecule has 0 heterocycles. The van der Waals surface area contributed by atoms with Crippen molar-refractivity contribution >= 4 is 22.5 Å². The van der Waals surface area contributed by atoms with Gasteiger partial charge in [0.25, 0.3) is 5.78 Å². The van der Waals surface area contributed by atoms with Crippen LogP contribution in [0.2, 0.25) is 0 Å². The second kappa shape index (κ2) is 4.37. The van der Waals surface area contributed by atoms with Crippen molar-refractivity contribution in [1.82, 2.24) is 0 Å². The third kappa shape index (κ3) is 2.04. The second-order valence-corrected chi connectivity index (χ2v) is 3.83. The molecule has 2 aromatic carbocycles. The van der Waals surface area contributed by atoms with E-state index in [-0.39, 0.29) is 0 Å². The summed E-state index contributed by atoms with van der Waals surface area (Å²) in [6.07, 6.45) is 0. The lowest BCUT2D eigenvalue weighted by Gasteiger charge is -2.05. The number of aryl methyl sites for hydroxylation is 1. The van der Waals surface area contributed by atoms with E-state index in [1.165, 1.54) is 7.11 Å². The van der Waals surface area contributed by atoms with Crippen LogP contribution in [0.1, 0.15) is 15.9 Å². The van der Waals surface area contributed by atoms with Gasteiger partial charge in [0.2, 0.25) is 0 Å². The Morgan fingerprint density at radius 3 is 2.53 bits per heavy atom. The molecule has 0 saturated heterocycles. The number of Topliss-reactive ketones (excluding diaryl/α,β-unsaturated/α-hetero) is 1. The molecule has 0 saturated carbocycles. The molecule has 0 amide bonds. The predicted molar refractivity (Wildman–Crippen MR) is 65.0 cm³/mol. The lowest BCUT2D eigenvalue weighted by molar-refractivity contribution is -0.135. The Balaban J connectivity index is 2.57. The quantitative estimate of drug-likeness (QED) is 0.450. The van der Waals surface area contributed by atoms with E-state index in [0.29, 0.717) is 5.56 Å². The zero-order valence-electron chi connectivity index (χ0n) is 9.69. The first kappa shape index (κ1) is 11.3. The molecule has 0 radical (unpaired) electrons. The number of hydrogen-bond acceptors (Lipinski definition) is 3. The van der Waals surface area contributed by atoms with E-state index < -0.39 is 11.8 Å². The summed E-state index contributed by atoms with van der Waals surface area (Å²) in [6.45, 7) is 1.91. The van der Waals surface area contributed by atoms with E-state index in [0.717, 1.165) is 16.3 Å². The first-order chi connectivity index (χ1) is 8.13. The summed E-state index contributed by atoms with van der Waals surface area (Å²) >= 11 is 0. The van der Waals surface area contributed by atoms with E-state index >= 15 is 0 Å². The number of carbonyl (C=O) groups excluding carboxylic acids is 2. The van der Waals surface area contributed by atoms with E-state index in [2.05, 4.69) is 4.74 Å². The molecule has 0 N–H and O–H groups in total. The number of rotatable bonds is 2. The third-order valence-corrected chi connectivity index (χ3v) is 2.70. The van der Waals surface area contributed by atoms with Gasteiger partial charge in [-0.15, -0.1) is 0 Å². The summed E-state index contributed by atoms with van der Waals surface area (Å²) < 4.78 is 4.43. The van der Waals surface area contributed by atoms with Crippen LogP contribution < -0.4 is 0 Å². The molecule has 0 aromatic heterocycles. The van der Waals surface area contributed by atoms with Gasteiger partial charge in [0.15, 0.2) is 0 Å². The standard InChI is InChI=1S/C14H12O3/c1-9-7-11(13(15)14(16)17-2)8-10-5-3-4-6-12(9)10/h3-8H,1-2H3. The van der Waals surface area contributed by atoms with Crippen LogP contribution >= 0.6 is 0 Å². The third-order valence-electron chi connectivity index (χ3n) is 2.70. The predicted octanol–water partition coefficient (Wildman–Crippen LogP) is 2.50. The van der Waals surface area contributed by atoms with Crippen molar-refractivity contribution in [3.05, 3.63) is 47.5 Å². The minimum absolute atomic E-state index is 0.369. The van der Waals surface area contributed by atoms with Crippen molar-refractivity contribution in [2.75, 3.05) is 7.11 Å². The number of esters is 1. The fourth-order valence-corrected chi connectivity index (χ4v) is 1.84. The van der Waals surface area contributed by atoms with E-state index in [1.54, 1.807) is 12.1 Å². The number of benzene rings is 2. The normalized spacial score (nSPS) is 10.2. The molecular weight excluding hydrogens is 216 g/mol. The van der Waals surface area contributed by atoms with Gasteiger partial charge < -0.3 is 4.74 Å². The van der Waals surface area contributed by atoms with Crippen molar-refractivity contribution < 1.29 is 14.3 Å². The molecule has 0 atom stereocenters. The van der Waals surface area contributed by atoms with Gasteiger partial charge in [0, 0.05) is 5.56 Å². The average Bonchev–Trinajstić information content (AvgIpc) is 2.37. The molecule has 2 rings (SSSR count). The number of ketones is 1. The molecule has 0 aliphatic carbocycles. The van der Waals surface area contributed by atoms with Gasteiger partial charge in [-0.2, -0.15) is 0 Å². The summed E-state index contributed by atoms with van der Waals surface area (Å²) in [6, 6.07) is 11.2. The highest BCUT2D eigenvalue weighted by Crippen LogP contribution is 2.20. The molecule has 0 aliphatic heterocycles. The molecule has 2 aromatic rings. The van der Waals surface area contributed by atoms with Crippen LogP contribution in [0.4, 0.5) is 0 Å². The fourth-order valence-electron chi connectivity index (χ4n) is 1.84. The average molecular weight is 228 g/mol. The van der Waals surface area contributed by atoms with E-state index in [9.17, 15) is 9.59 Å². The lowest BCUT2D eigenvalue weighted by atomic mass is 10.00. The highest BCUT2D eigenvalue weighted by molar-refractivity contribution is 6.40. The Morgan fingerprint density at radius 2 is 1.82 bits per heavy atom. The van der Waals surface area contributed by atoms with Gasteiger partial charge in [-0.3, -0.25) is 4.79 Å². The van der Waals surface area contributed by atoms with E-state index in [4.69, 9.17) is 0 Å². The van der Waals surface area contributed by atoms with E-state index in [1.807, 2.05) is 31.2 Å². The van der Waals surface area contributed by atoms with Gasteiger partial charge >= 0.3 is 5.97 Å². The Hall–Kier alpha value is -2.16. The Morgan fingerprint density at radius 1 is 1.12 bits per heavy atom. The van der Waals surface area contributed by atoms with Crippen LogP contribution in [0.25, 0.3) is 10.8 Å². The van der Waals surface area contributed by atoms with Crippen molar-refractivity contribution in [1.29, 1.82) is 0 Å². The summed E-state index contributed by atoms with van der Waals surface area (Å²) in [5.41, 5.74) is 1.34. The largest absolute Gasteiger partial charge is 0.463 e. The molecule has 0 bridgehead atoms. The minimum Gasteiger partial charge on any atom is -0.463 e. The molecule has 0 aliphatic rings. The van der Waals surface area contributed by atoms with Crippen LogP contribution in [0.5, 0.6) is 0 Å². The summed E-state index contributed by atoms with van der Waals surface area (Å²) in [5.74, 6) is -1.44. The summed E-state index contributed by atoms with van der Waals surface area (Å²) in [7, 11) is 1.20. The maximum atomic E-state index is 11.7. The maximum absolute atomic E-state index is 11.7. The second-order valence-electron chi connectivity index (χ2n) is 3.83. The topological polar surface area (TPSA) is 43.4 Å². The number of fused-ring (bicyclic) bond motifs is 1. The van der Waals surface area contributed by atoms with Gasteiger partial charge in [0.1, 0.15) is 0 Å². The van der Waals surface area contributed by atoms with Crippen molar-refractivity contribution in [3.8, 4) is 0 Å². The molecule has 3 heteroatoms. The molecule has 0 spiro atoms. The maximum Gasteiger partial charge on any atom is 0.379 e. The fraction of sp³-hybridized carbons (Fsp3) is 0.143. The lowest BCUT2D eigenvalue weighted by Crippen LogP contribution is -2.15. The molecule has 0 fully saturated rings. The number of methoxy groups -OCH3 is 1. The van der Waals surface area contributed by atoms with Gasteiger partial charge in [-0.05, 0) is 35.4 Å². The Labute approximate surface area is 99.0 Å². The number of ether oxygens (including phenoxy) is 1. The highest BCUT2D eigenvalue weighted by Gasteiger charge is 2.17. The van der Waals surface area contributed by atoms with Gasteiger partial charge in [-0.1, -0.05) is 24.3 Å². The molecule has 0 unspecified atom stereocenters. The molecular formula is C14H12O3.